The van der Waals surface area contributed by atoms with Gasteiger partial charge in [-0.05, 0) is 49.3 Å². The molecule has 1 aliphatic carbocycles. The van der Waals surface area contributed by atoms with Crippen LogP contribution in [0.1, 0.15) is 60.2 Å². The number of imidazole rings is 1. The third-order valence-electron chi connectivity index (χ3n) is 7.83. The van der Waals surface area contributed by atoms with Crippen molar-refractivity contribution in [1.29, 1.82) is 0 Å². The summed E-state index contributed by atoms with van der Waals surface area (Å²) in [5.74, 6) is 0.173. The normalized spacial score (nSPS) is 20.7. The molecule has 1 aliphatic heterocycles. The Morgan fingerprint density at radius 2 is 1.83 bits per heavy atom. The first-order valence-electron chi connectivity index (χ1n) is 12.6. The minimum atomic E-state index is -0.706. The van der Waals surface area contributed by atoms with Gasteiger partial charge in [0.25, 0.3) is 0 Å². The van der Waals surface area contributed by atoms with Crippen LogP contribution in [0.25, 0.3) is 11.0 Å². The number of fused-ring (bicyclic) bond motifs is 3. The van der Waals surface area contributed by atoms with Crippen LogP contribution in [0.4, 0.5) is 4.79 Å². The van der Waals surface area contributed by atoms with E-state index in [9.17, 15) is 14.7 Å². The number of carboxylic acid groups (broad SMARTS) is 1. The van der Waals surface area contributed by atoms with Crippen molar-refractivity contribution in [3.63, 3.8) is 0 Å². The van der Waals surface area contributed by atoms with E-state index < -0.39 is 5.97 Å². The fourth-order valence-corrected chi connectivity index (χ4v) is 5.78. The second kappa shape index (κ2) is 10.3. The van der Waals surface area contributed by atoms with Gasteiger partial charge in [-0.15, -0.1) is 0 Å². The number of carbonyl (C=O) groups excluding carboxylic acids is 1. The van der Waals surface area contributed by atoms with E-state index in [1.807, 2.05) is 18.2 Å². The van der Waals surface area contributed by atoms with E-state index in [-0.39, 0.29) is 24.0 Å². The molecular weight excluding hydrogens is 458 g/mol. The molecule has 0 saturated heterocycles. The lowest BCUT2D eigenvalue weighted by Crippen LogP contribution is -2.35. The molecule has 2 aromatic carbocycles. The number of nitrogens with zero attached hydrogens (tertiary/aromatic N) is 3. The number of benzene rings is 2. The van der Waals surface area contributed by atoms with E-state index in [1.165, 1.54) is 12.7 Å². The molecular formula is C28H33N3O5. The Kier molecular flexibility index (Phi) is 6.96. The number of carboxylic acids is 1. The summed E-state index contributed by atoms with van der Waals surface area (Å²) in [6.45, 7) is 1.69. The average molecular weight is 492 g/mol. The van der Waals surface area contributed by atoms with Gasteiger partial charge in [-0.25, -0.2) is 9.78 Å². The smallest absolute Gasteiger partial charge is 0.409 e. The van der Waals surface area contributed by atoms with E-state index >= 15 is 0 Å². The molecule has 2 aliphatic rings. The first-order valence-corrected chi connectivity index (χ1v) is 12.6. The molecule has 1 aromatic heterocycles. The Balaban J connectivity index is 1.57. The van der Waals surface area contributed by atoms with E-state index in [1.54, 1.807) is 12.0 Å². The molecule has 1 N–H and O–H groups in total. The second-order valence-corrected chi connectivity index (χ2v) is 9.81. The summed E-state index contributed by atoms with van der Waals surface area (Å²) in [6.07, 6.45) is 3.18. The highest BCUT2D eigenvalue weighted by Gasteiger charge is 2.32. The van der Waals surface area contributed by atoms with Crippen LogP contribution in [0.15, 0.2) is 42.5 Å². The largest absolute Gasteiger partial charge is 0.481 e. The van der Waals surface area contributed by atoms with Crippen LogP contribution in [0.2, 0.25) is 0 Å². The zero-order chi connectivity index (χ0) is 25.2. The van der Waals surface area contributed by atoms with Gasteiger partial charge >= 0.3 is 12.1 Å². The Hall–Kier alpha value is -3.39. The monoisotopic (exact) mass is 491 g/mol. The summed E-state index contributed by atoms with van der Waals surface area (Å²) < 4.78 is 13.2. The van der Waals surface area contributed by atoms with Crippen molar-refractivity contribution in [2.24, 2.45) is 5.92 Å². The van der Waals surface area contributed by atoms with Gasteiger partial charge in [-0.2, -0.15) is 0 Å². The number of aliphatic carboxylic acids is 1. The molecule has 0 bridgehead atoms. The average Bonchev–Trinajstić information content (AvgIpc) is 3.30. The zero-order valence-electron chi connectivity index (χ0n) is 20.9. The van der Waals surface area contributed by atoms with Gasteiger partial charge in [0.15, 0.2) is 0 Å². The first-order chi connectivity index (χ1) is 17.5. The van der Waals surface area contributed by atoms with Crippen LogP contribution in [-0.2, 0) is 33.8 Å². The molecule has 1 amide bonds. The Morgan fingerprint density at radius 1 is 1.08 bits per heavy atom. The molecule has 0 radical (unpaired) electrons. The molecule has 36 heavy (non-hydrogen) atoms. The molecule has 8 nitrogen and oxygen atoms in total. The SMILES string of the molecule is COC(=O)N1CCc2ccc3c(nc(C4CCC(C(=O)O)CC4)n3C[C@H](OC)c3ccccc3)c2C1. The van der Waals surface area contributed by atoms with Gasteiger partial charge in [-0.3, -0.25) is 4.79 Å². The van der Waals surface area contributed by atoms with Crippen LogP contribution >= 0.6 is 0 Å². The van der Waals surface area contributed by atoms with Crippen LogP contribution in [0.3, 0.4) is 0 Å². The first kappa shape index (κ1) is 24.3. The van der Waals surface area contributed by atoms with Crippen LogP contribution in [-0.4, -0.2) is 52.4 Å². The highest BCUT2D eigenvalue weighted by atomic mass is 16.5. The van der Waals surface area contributed by atoms with Crippen molar-refractivity contribution in [2.45, 2.75) is 57.2 Å². The predicted octanol–water partition coefficient (Wildman–Crippen LogP) is 4.91. The van der Waals surface area contributed by atoms with E-state index in [4.69, 9.17) is 14.5 Å². The van der Waals surface area contributed by atoms with Gasteiger partial charge in [0.1, 0.15) is 11.9 Å². The number of rotatable bonds is 6. The van der Waals surface area contributed by atoms with Crippen molar-refractivity contribution < 1.29 is 24.2 Å². The summed E-state index contributed by atoms with van der Waals surface area (Å²) in [7, 11) is 3.14. The quantitative estimate of drug-likeness (QED) is 0.527. The highest BCUT2D eigenvalue weighted by Crippen LogP contribution is 2.39. The van der Waals surface area contributed by atoms with Crippen molar-refractivity contribution >= 4 is 23.1 Å². The lowest BCUT2D eigenvalue weighted by Gasteiger charge is -2.28. The number of methoxy groups -OCH3 is 2. The molecule has 2 heterocycles. The van der Waals surface area contributed by atoms with Crippen LogP contribution < -0.4 is 0 Å². The van der Waals surface area contributed by atoms with Gasteiger partial charge < -0.3 is 24.0 Å². The molecule has 190 valence electrons. The van der Waals surface area contributed by atoms with Gasteiger partial charge in [0.05, 0.1) is 37.2 Å². The summed E-state index contributed by atoms with van der Waals surface area (Å²) >= 11 is 0. The minimum absolute atomic E-state index is 0.152. The summed E-state index contributed by atoms with van der Waals surface area (Å²) in [5.41, 5.74) is 5.31. The zero-order valence-corrected chi connectivity index (χ0v) is 20.9. The van der Waals surface area contributed by atoms with Gasteiger partial charge in [0.2, 0.25) is 0 Å². The summed E-state index contributed by atoms with van der Waals surface area (Å²) in [6, 6.07) is 14.5. The molecule has 3 aromatic rings. The third-order valence-corrected chi connectivity index (χ3v) is 7.83. The molecule has 0 unspecified atom stereocenters. The van der Waals surface area contributed by atoms with E-state index in [0.717, 1.165) is 47.2 Å². The lowest BCUT2D eigenvalue weighted by atomic mass is 9.81. The molecule has 5 rings (SSSR count). The number of hydrogen-bond donors (Lipinski definition) is 1. The lowest BCUT2D eigenvalue weighted by molar-refractivity contribution is -0.142. The number of ether oxygens (including phenoxy) is 2. The summed E-state index contributed by atoms with van der Waals surface area (Å²) in [4.78, 5) is 30.7. The molecule has 0 spiro atoms. The number of amides is 1. The fraction of sp³-hybridized carbons (Fsp3) is 0.464. The molecule has 1 atom stereocenters. The Labute approximate surface area is 210 Å². The van der Waals surface area contributed by atoms with Crippen LogP contribution in [0.5, 0.6) is 0 Å². The van der Waals surface area contributed by atoms with E-state index in [0.29, 0.717) is 32.5 Å². The minimum Gasteiger partial charge on any atom is -0.481 e. The topological polar surface area (TPSA) is 93.9 Å². The van der Waals surface area contributed by atoms with Gasteiger partial charge in [0, 0.05) is 25.1 Å². The van der Waals surface area contributed by atoms with E-state index in [2.05, 4.69) is 28.8 Å². The maximum absolute atomic E-state index is 12.3. The number of carbonyl (C=O) groups is 2. The Morgan fingerprint density at radius 3 is 2.50 bits per heavy atom. The maximum atomic E-state index is 12.3. The van der Waals surface area contributed by atoms with Crippen molar-refractivity contribution in [3.8, 4) is 0 Å². The standard InChI is InChI=1S/C28H33N3O5/c1-35-24(19-6-4-3-5-7-19)17-31-23-13-12-18-14-15-30(28(34)36-2)16-22(18)25(23)29-26(31)20-8-10-21(11-9-20)27(32)33/h3-7,12-13,20-21,24H,8-11,14-17H2,1-2H3,(H,32,33)/t20?,21?,24-/m0/s1. The van der Waals surface area contributed by atoms with Crippen molar-refractivity contribution in [3.05, 3.63) is 65.0 Å². The Bertz CT molecular complexity index is 1250. The number of aromatic nitrogens is 2. The maximum Gasteiger partial charge on any atom is 0.409 e. The van der Waals surface area contributed by atoms with Crippen molar-refractivity contribution in [1.82, 2.24) is 14.5 Å². The third kappa shape index (κ3) is 4.57. The van der Waals surface area contributed by atoms with Gasteiger partial charge in [-0.1, -0.05) is 36.4 Å². The molecule has 1 fully saturated rings. The van der Waals surface area contributed by atoms with Crippen LogP contribution in [0, 0.1) is 5.92 Å². The summed E-state index contributed by atoms with van der Waals surface area (Å²) in [5, 5.41) is 9.48. The fourth-order valence-electron chi connectivity index (χ4n) is 5.78. The highest BCUT2D eigenvalue weighted by molar-refractivity contribution is 5.82. The molecule has 8 heteroatoms. The van der Waals surface area contributed by atoms with Crippen molar-refractivity contribution in [2.75, 3.05) is 20.8 Å². The number of hydrogen-bond acceptors (Lipinski definition) is 5. The molecule has 1 saturated carbocycles. The second-order valence-electron chi connectivity index (χ2n) is 9.81. The predicted molar refractivity (Wildman–Crippen MR) is 135 cm³/mol.